The largest absolute Gasteiger partial charge is 0.392 e. The van der Waals surface area contributed by atoms with Gasteiger partial charge in [0.25, 0.3) is 0 Å². The van der Waals surface area contributed by atoms with Crippen LogP contribution in [0.4, 0.5) is 0 Å². The van der Waals surface area contributed by atoms with Crippen molar-refractivity contribution < 1.29 is 14.6 Å². The molecule has 0 aromatic rings. The van der Waals surface area contributed by atoms with Crippen LogP contribution in [-0.4, -0.2) is 97.3 Å². The lowest BCUT2D eigenvalue weighted by molar-refractivity contribution is -0.141. The molecule has 5 N–H and O–H groups in total. The number of nitrogens with one attached hydrogen (secondary N) is 4. The molecule has 3 saturated heterocycles. The van der Waals surface area contributed by atoms with Gasteiger partial charge in [0.05, 0.1) is 19.3 Å². The number of thioether (sulfide) groups is 1. The first-order valence-electron chi connectivity index (χ1n) is 14.5. The smallest absolute Gasteiger partial charge is 0.223 e. The quantitative estimate of drug-likeness (QED) is 0.340. The van der Waals surface area contributed by atoms with Crippen molar-refractivity contribution in [2.75, 3.05) is 52.5 Å². The Morgan fingerprint density at radius 1 is 1.31 bits per heavy atom. The number of rotatable bonds is 7. The third-order valence-corrected chi connectivity index (χ3v) is 11.4. The average molecular weight is 524 g/mol. The van der Waals surface area contributed by atoms with E-state index in [9.17, 15) is 9.90 Å². The number of aliphatic hydroxyl groups excluding tert-OH is 1. The minimum absolute atomic E-state index is 0.0294. The fourth-order valence-electron chi connectivity index (χ4n) is 7.98. The fourth-order valence-corrected chi connectivity index (χ4v) is 9.81. The van der Waals surface area contributed by atoms with Crippen molar-refractivity contribution >= 4 is 17.7 Å². The molecule has 3 aliphatic heterocycles. The summed E-state index contributed by atoms with van der Waals surface area (Å²) in [6.07, 6.45) is 5.23. The first-order chi connectivity index (χ1) is 17.4. The van der Waals surface area contributed by atoms with E-state index in [4.69, 9.17) is 4.74 Å². The number of aliphatic hydroxyl groups is 1. The van der Waals surface area contributed by atoms with Crippen LogP contribution in [0.15, 0.2) is 0 Å². The highest BCUT2D eigenvalue weighted by Gasteiger charge is 2.58. The van der Waals surface area contributed by atoms with Crippen LogP contribution in [0.1, 0.15) is 52.9 Å². The van der Waals surface area contributed by atoms with E-state index in [0.717, 1.165) is 65.2 Å². The van der Waals surface area contributed by atoms with Crippen molar-refractivity contribution in [1.82, 2.24) is 26.2 Å². The van der Waals surface area contributed by atoms with Gasteiger partial charge >= 0.3 is 0 Å². The number of nitrogens with zero attached hydrogens (tertiary/aromatic N) is 1. The van der Waals surface area contributed by atoms with E-state index in [1.165, 1.54) is 12.8 Å². The lowest BCUT2D eigenvalue weighted by Crippen LogP contribution is -2.60. The highest BCUT2D eigenvalue weighted by molar-refractivity contribution is 8.00. The summed E-state index contributed by atoms with van der Waals surface area (Å²) in [6, 6.07) is 0.947. The van der Waals surface area contributed by atoms with Gasteiger partial charge in [0, 0.05) is 56.0 Å². The third-order valence-electron chi connectivity index (χ3n) is 10.1. The van der Waals surface area contributed by atoms with E-state index >= 15 is 0 Å². The number of amides is 1. The summed E-state index contributed by atoms with van der Waals surface area (Å²) in [5.41, 5.74) is 0.430. The molecule has 1 amide bonds. The number of morpholine rings is 1. The molecule has 0 aromatic heterocycles. The Morgan fingerprint density at radius 2 is 2.11 bits per heavy atom. The fraction of sp³-hybridized carbons (Fsp3) is 0.963. The molecule has 2 aliphatic carbocycles. The Kier molecular flexibility index (Phi) is 8.87. The van der Waals surface area contributed by atoms with Gasteiger partial charge in [-0.3, -0.25) is 20.3 Å². The zero-order chi connectivity index (χ0) is 25.3. The van der Waals surface area contributed by atoms with Gasteiger partial charge < -0.3 is 20.5 Å². The lowest BCUT2D eigenvalue weighted by Gasteiger charge is -2.57. The number of hydrogen-bond acceptors (Lipinski definition) is 8. The number of ether oxygens (including phenoxy) is 1. The predicted molar refractivity (Wildman–Crippen MR) is 145 cm³/mol. The monoisotopic (exact) mass is 523 g/mol. The van der Waals surface area contributed by atoms with Crippen molar-refractivity contribution in [2.45, 2.75) is 81.8 Å². The van der Waals surface area contributed by atoms with Crippen LogP contribution in [-0.2, 0) is 9.53 Å². The molecule has 206 valence electrons. The molecule has 5 fully saturated rings. The lowest BCUT2D eigenvalue weighted by atomic mass is 9.51. The second kappa shape index (κ2) is 11.8. The molecule has 0 bridgehead atoms. The normalized spacial score (nSPS) is 44.4. The molecule has 10 atom stereocenters. The molecule has 36 heavy (non-hydrogen) atoms. The highest BCUT2D eigenvalue weighted by Crippen LogP contribution is 2.58. The van der Waals surface area contributed by atoms with E-state index in [0.29, 0.717) is 35.3 Å². The molecule has 5 aliphatic rings. The molecule has 2 saturated carbocycles. The molecule has 3 heterocycles. The topological polar surface area (TPSA) is 97.9 Å². The van der Waals surface area contributed by atoms with Gasteiger partial charge in [0.15, 0.2) is 0 Å². The van der Waals surface area contributed by atoms with Gasteiger partial charge in [0.2, 0.25) is 5.91 Å². The first-order valence-corrected chi connectivity index (χ1v) is 15.4. The van der Waals surface area contributed by atoms with Crippen LogP contribution in [0.25, 0.3) is 0 Å². The molecule has 8 nitrogen and oxygen atoms in total. The Morgan fingerprint density at radius 3 is 2.86 bits per heavy atom. The maximum atomic E-state index is 13.1. The standard InChI is InChI=1S/C27H49N5O3S/c1-17(25(34)29-9-10-32-11-13-35-14-12-32)20-6-7-27(3)15-21-23(18(2)22(27)24(20)33)31-26(36-21)30-19-5-4-8-28-16-19/h17-24,26,28,30-31,33H,4-16H2,1-3H3,(H,29,34)/t17-,18+,19?,20+,21?,22+,23?,24-,26?,27+/m0/s1. The van der Waals surface area contributed by atoms with Gasteiger partial charge in [-0.2, -0.15) is 0 Å². The van der Waals surface area contributed by atoms with Crippen molar-refractivity contribution in [1.29, 1.82) is 0 Å². The summed E-state index contributed by atoms with van der Waals surface area (Å²) < 4.78 is 5.41. The Labute approximate surface area is 221 Å². The van der Waals surface area contributed by atoms with Crippen molar-refractivity contribution in [2.24, 2.45) is 29.1 Å². The SMILES string of the molecule is C[C@H](C(=O)NCCN1CCOCC1)[C@H]1CC[C@]2(C)CC3SC(NC4CCCNC4)NC3[C@H](C)[C@@H]2[C@H]1O. The average Bonchev–Trinajstić information content (AvgIpc) is 3.26. The minimum Gasteiger partial charge on any atom is -0.392 e. The highest BCUT2D eigenvalue weighted by atomic mass is 32.2. The van der Waals surface area contributed by atoms with E-state index in [1.54, 1.807) is 0 Å². The van der Waals surface area contributed by atoms with Gasteiger partial charge in [-0.05, 0) is 61.8 Å². The number of carbonyl (C=O) groups is 1. The number of piperidine rings is 1. The molecule has 9 heteroatoms. The molecule has 0 radical (unpaired) electrons. The summed E-state index contributed by atoms with van der Waals surface area (Å²) in [6.45, 7) is 13.9. The Bertz CT molecular complexity index is 749. The Balaban J connectivity index is 1.16. The predicted octanol–water partition coefficient (Wildman–Crippen LogP) is 1.20. The summed E-state index contributed by atoms with van der Waals surface area (Å²) in [5.74, 6) is 0.563. The summed E-state index contributed by atoms with van der Waals surface area (Å²) in [4.78, 5) is 15.4. The van der Waals surface area contributed by atoms with Crippen LogP contribution in [0.2, 0.25) is 0 Å². The molecule has 0 spiro atoms. The molecule has 0 aromatic carbocycles. The zero-order valence-electron chi connectivity index (χ0n) is 22.5. The Hall–Kier alpha value is -0.420. The van der Waals surface area contributed by atoms with Gasteiger partial charge in [-0.25, -0.2) is 0 Å². The molecular formula is C27H49N5O3S. The maximum Gasteiger partial charge on any atom is 0.223 e. The van der Waals surface area contributed by atoms with Crippen LogP contribution >= 0.6 is 11.8 Å². The maximum absolute atomic E-state index is 13.1. The van der Waals surface area contributed by atoms with Crippen molar-refractivity contribution in [3.05, 3.63) is 0 Å². The number of fused-ring (bicyclic) bond motifs is 2. The molecular weight excluding hydrogens is 474 g/mol. The van der Waals surface area contributed by atoms with Gasteiger partial charge in [-0.15, -0.1) is 11.8 Å². The second-order valence-corrected chi connectivity index (χ2v) is 13.8. The summed E-state index contributed by atoms with van der Waals surface area (Å²) in [7, 11) is 0. The van der Waals surface area contributed by atoms with E-state index in [1.807, 2.05) is 6.92 Å². The molecule has 4 unspecified atom stereocenters. The van der Waals surface area contributed by atoms with E-state index in [-0.39, 0.29) is 29.1 Å². The number of hydrogen-bond donors (Lipinski definition) is 5. The van der Waals surface area contributed by atoms with Crippen molar-refractivity contribution in [3.63, 3.8) is 0 Å². The van der Waals surface area contributed by atoms with E-state index < -0.39 is 6.10 Å². The van der Waals surface area contributed by atoms with Crippen LogP contribution in [0, 0.1) is 29.1 Å². The van der Waals surface area contributed by atoms with Crippen LogP contribution in [0.5, 0.6) is 0 Å². The first kappa shape index (κ1) is 27.2. The van der Waals surface area contributed by atoms with E-state index in [2.05, 4.69) is 51.8 Å². The van der Waals surface area contributed by atoms with Crippen LogP contribution in [0.3, 0.4) is 0 Å². The van der Waals surface area contributed by atoms with Crippen LogP contribution < -0.4 is 21.3 Å². The summed E-state index contributed by atoms with van der Waals surface area (Å²) in [5, 5.41) is 26.7. The second-order valence-electron chi connectivity index (χ2n) is 12.4. The number of carbonyl (C=O) groups excluding carboxylic acids is 1. The van der Waals surface area contributed by atoms with Crippen molar-refractivity contribution in [3.8, 4) is 0 Å². The van der Waals surface area contributed by atoms with Gasteiger partial charge in [-0.1, -0.05) is 20.8 Å². The van der Waals surface area contributed by atoms with Gasteiger partial charge in [0.1, 0.15) is 5.50 Å². The zero-order valence-corrected chi connectivity index (χ0v) is 23.3. The minimum atomic E-state index is -0.430. The third kappa shape index (κ3) is 5.77. The summed E-state index contributed by atoms with van der Waals surface area (Å²) >= 11 is 2.07. The molecule has 5 rings (SSSR count).